The highest BCUT2D eigenvalue weighted by molar-refractivity contribution is 6.43. The van der Waals surface area contributed by atoms with E-state index in [1.165, 1.54) is 0 Å². The summed E-state index contributed by atoms with van der Waals surface area (Å²) in [6.45, 7) is 0. The van der Waals surface area contributed by atoms with Crippen LogP contribution in [0.25, 0.3) is 11.3 Å². The van der Waals surface area contributed by atoms with Crippen LogP contribution >= 0.6 is 23.2 Å². The van der Waals surface area contributed by atoms with Gasteiger partial charge in [-0.25, -0.2) is 0 Å². The Labute approximate surface area is 114 Å². The fourth-order valence-corrected chi connectivity index (χ4v) is 1.97. The van der Waals surface area contributed by atoms with Crippen LogP contribution in [-0.4, -0.2) is 11.1 Å². The first-order chi connectivity index (χ1) is 8.58. The molecule has 0 radical (unpaired) electrons. The molecule has 1 aromatic carbocycles. The van der Waals surface area contributed by atoms with Crippen LogP contribution in [0.4, 0.5) is 0 Å². The summed E-state index contributed by atoms with van der Waals surface area (Å²) < 4.78 is 5.55. The van der Waals surface area contributed by atoms with Crippen molar-refractivity contribution in [3.63, 3.8) is 0 Å². The summed E-state index contributed by atoms with van der Waals surface area (Å²) in [5.41, 5.74) is 0.700. The molecule has 0 aliphatic heterocycles. The van der Waals surface area contributed by atoms with E-state index in [1.807, 2.05) is 0 Å². The number of rotatable bonds is 4. The number of carboxylic acids is 1. The number of hydrogen-bond acceptors (Lipinski definition) is 2. The van der Waals surface area contributed by atoms with E-state index in [4.69, 9.17) is 32.7 Å². The van der Waals surface area contributed by atoms with Gasteiger partial charge in [0.1, 0.15) is 11.5 Å². The minimum absolute atomic E-state index is 0.0379. The largest absolute Gasteiger partial charge is 0.481 e. The summed E-state index contributed by atoms with van der Waals surface area (Å²) >= 11 is 12.0. The smallest absolute Gasteiger partial charge is 0.303 e. The van der Waals surface area contributed by atoms with Crippen LogP contribution in [0.3, 0.4) is 0 Å². The molecule has 0 amide bonds. The lowest BCUT2D eigenvalue weighted by Crippen LogP contribution is -1.96. The molecule has 0 unspecified atom stereocenters. The second-order valence-corrected chi connectivity index (χ2v) is 4.55. The fraction of sp³-hybridized carbons (Fsp3) is 0.154. The highest BCUT2D eigenvalue weighted by atomic mass is 35.5. The maximum absolute atomic E-state index is 10.5. The topological polar surface area (TPSA) is 50.4 Å². The number of carboxylic acid groups (broad SMARTS) is 1. The average Bonchev–Trinajstić information content (AvgIpc) is 2.78. The van der Waals surface area contributed by atoms with Crippen molar-refractivity contribution in [1.29, 1.82) is 0 Å². The van der Waals surface area contributed by atoms with Crippen LogP contribution in [0, 0.1) is 0 Å². The molecule has 5 heteroatoms. The van der Waals surface area contributed by atoms with Gasteiger partial charge in [-0.2, -0.15) is 0 Å². The van der Waals surface area contributed by atoms with E-state index in [-0.39, 0.29) is 6.42 Å². The minimum atomic E-state index is -0.853. The highest BCUT2D eigenvalue weighted by Crippen LogP contribution is 2.34. The zero-order chi connectivity index (χ0) is 13.1. The van der Waals surface area contributed by atoms with Gasteiger partial charge in [0.2, 0.25) is 0 Å². The Balaban J connectivity index is 2.24. The molecule has 2 aromatic rings. The maximum Gasteiger partial charge on any atom is 0.303 e. The van der Waals surface area contributed by atoms with E-state index in [2.05, 4.69) is 0 Å². The average molecular weight is 285 g/mol. The molecular weight excluding hydrogens is 275 g/mol. The first-order valence-electron chi connectivity index (χ1n) is 5.33. The molecule has 0 fully saturated rings. The number of hydrogen-bond donors (Lipinski definition) is 1. The van der Waals surface area contributed by atoms with E-state index >= 15 is 0 Å². The summed E-state index contributed by atoms with van der Waals surface area (Å²) in [5, 5.41) is 9.48. The van der Waals surface area contributed by atoms with Gasteiger partial charge in [0.25, 0.3) is 0 Å². The molecule has 0 aliphatic carbocycles. The molecule has 3 nitrogen and oxygen atoms in total. The second-order valence-electron chi connectivity index (χ2n) is 3.76. The molecule has 0 atom stereocenters. The van der Waals surface area contributed by atoms with Gasteiger partial charge in [0, 0.05) is 12.0 Å². The molecular formula is C13H10Cl2O3. The molecule has 1 heterocycles. The number of aliphatic carboxylic acids is 1. The van der Waals surface area contributed by atoms with Crippen LogP contribution < -0.4 is 0 Å². The number of furan rings is 1. The predicted molar refractivity (Wildman–Crippen MR) is 70.1 cm³/mol. The molecule has 0 bridgehead atoms. The SMILES string of the molecule is O=C(O)CCc1ccc(-c2cccc(Cl)c2Cl)o1. The Hall–Kier alpha value is -1.45. The van der Waals surface area contributed by atoms with E-state index in [0.29, 0.717) is 33.6 Å². The van der Waals surface area contributed by atoms with Crippen molar-refractivity contribution in [1.82, 2.24) is 0 Å². The lowest BCUT2D eigenvalue weighted by atomic mass is 10.2. The van der Waals surface area contributed by atoms with Crippen molar-refractivity contribution in [3.8, 4) is 11.3 Å². The monoisotopic (exact) mass is 284 g/mol. The first-order valence-corrected chi connectivity index (χ1v) is 6.08. The first kappa shape index (κ1) is 13.0. The predicted octanol–water partition coefficient (Wildman–Crippen LogP) is 4.27. The van der Waals surface area contributed by atoms with Crippen molar-refractivity contribution in [2.75, 3.05) is 0 Å². The number of carbonyl (C=O) groups is 1. The van der Waals surface area contributed by atoms with Gasteiger partial charge in [-0.05, 0) is 24.3 Å². The zero-order valence-corrected chi connectivity index (χ0v) is 10.8. The summed E-state index contributed by atoms with van der Waals surface area (Å²) in [4.78, 5) is 10.5. The van der Waals surface area contributed by atoms with Crippen LogP contribution in [-0.2, 0) is 11.2 Å². The summed E-state index contributed by atoms with van der Waals surface area (Å²) in [6.07, 6.45) is 0.393. The Morgan fingerprint density at radius 1 is 1.22 bits per heavy atom. The molecule has 18 heavy (non-hydrogen) atoms. The third-order valence-electron chi connectivity index (χ3n) is 2.46. The van der Waals surface area contributed by atoms with Crippen LogP contribution in [0.1, 0.15) is 12.2 Å². The van der Waals surface area contributed by atoms with Crippen molar-refractivity contribution < 1.29 is 14.3 Å². The third kappa shape index (κ3) is 2.86. The summed E-state index contributed by atoms with van der Waals surface area (Å²) in [7, 11) is 0. The number of halogens is 2. The standard InChI is InChI=1S/C13H10Cl2O3/c14-10-3-1-2-9(13(10)15)11-6-4-8(18-11)5-7-12(16)17/h1-4,6H,5,7H2,(H,16,17). The summed E-state index contributed by atoms with van der Waals surface area (Å²) in [5.74, 6) is 0.347. The van der Waals surface area contributed by atoms with E-state index < -0.39 is 5.97 Å². The summed E-state index contributed by atoms with van der Waals surface area (Å²) in [6, 6.07) is 8.78. The fourth-order valence-electron chi connectivity index (χ4n) is 1.58. The number of benzene rings is 1. The maximum atomic E-state index is 10.5. The molecule has 2 rings (SSSR count). The van der Waals surface area contributed by atoms with Crippen molar-refractivity contribution in [3.05, 3.63) is 46.1 Å². The Kier molecular flexibility index (Phi) is 3.94. The van der Waals surface area contributed by atoms with Gasteiger partial charge in [-0.1, -0.05) is 29.3 Å². The van der Waals surface area contributed by atoms with Gasteiger partial charge in [-0.3, -0.25) is 4.79 Å². The van der Waals surface area contributed by atoms with E-state index in [0.717, 1.165) is 0 Å². The van der Waals surface area contributed by atoms with E-state index in [9.17, 15) is 4.79 Å². The second kappa shape index (κ2) is 5.46. The molecule has 0 spiro atoms. The Morgan fingerprint density at radius 2 is 2.00 bits per heavy atom. The highest BCUT2D eigenvalue weighted by Gasteiger charge is 2.11. The quantitative estimate of drug-likeness (QED) is 0.912. The molecule has 0 aliphatic rings. The van der Waals surface area contributed by atoms with Crippen molar-refractivity contribution in [2.45, 2.75) is 12.8 Å². The van der Waals surface area contributed by atoms with Crippen LogP contribution in [0.15, 0.2) is 34.7 Å². The van der Waals surface area contributed by atoms with E-state index in [1.54, 1.807) is 30.3 Å². The van der Waals surface area contributed by atoms with Crippen LogP contribution in [0.5, 0.6) is 0 Å². The van der Waals surface area contributed by atoms with Gasteiger partial charge in [-0.15, -0.1) is 0 Å². The van der Waals surface area contributed by atoms with Gasteiger partial charge < -0.3 is 9.52 Å². The Bertz CT molecular complexity index is 575. The van der Waals surface area contributed by atoms with Gasteiger partial charge in [0.05, 0.1) is 16.5 Å². The van der Waals surface area contributed by atoms with Crippen molar-refractivity contribution >= 4 is 29.2 Å². The third-order valence-corrected chi connectivity index (χ3v) is 3.28. The van der Waals surface area contributed by atoms with Gasteiger partial charge >= 0.3 is 5.97 Å². The zero-order valence-electron chi connectivity index (χ0n) is 9.32. The number of aryl methyl sites for hydroxylation is 1. The molecule has 0 saturated carbocycles. The van der Waals surface area contributed by atoms with Gasteiger partial charge in [0.15, 0.2) is 0 Å². The molecule has 94 valence electrons. The van der Waals surface area contributed by atoms with Crippen LogP contribution in [0.2, 0.25) is 10.0 Å². The molecule has 0 saturated heterocycles. The molecule has 1 N–H and O–H groups in total. The Morgan fingerprint density at radius 3 is 2.72 bits per heavy atom. The minimum Gasteiger partial charge on any atom is -0.481 e. The lowest BCUT2D eigenvalue weighted by molar-refractivity contribution is -0.137. The lowest BCUT2D eigenvalue weighted by Gasteiger charge is -2.02. The normalized spacial score (nSPS) is 10.6. The van der Waals surface area contributed by atoms with Crippen molar-refractivity contribution in [2.24, 2.45) is 0 Å². The molecule has 1 aromatic heterocycles.